The van der Waals surface area contributed by atoms with Crippen LogP contribution in [0.2, 0.25) is 0 Å². The average Bonchev–Trinajstić information content (AvgIpc) is 2.18. The fourth-order valence-corrected chi connectivity index (χ4v) is 1.75. The van der Waals surface area contributed by atoms with Gasteiger partial charge in [-0.2, -0.15) is 0 Å². The Labute approximate surface area is 100.0 Å². The highest BCUT2D eigenvalue weighted by atomic mass is 79.9. The molecule has 1 rings (SSSR count). The molecule has 1 nitrogen and oxygen atoms in total. The molecule has 2 heteroatoms. The van der Waals surface area contributed by atoms with Gasteiger partial charge in [0, 0.05) is 17.3 Å². The normalized spacial score (nSPS) is 9.33. The van der Waals surface area contributed by atoms with Crippen LogP contribution in [-0.2, 0) is 0 Å². The summed E-state index contributed by atoms with van der Waals surface area (Å²) in [5.74, 6) is 7.21. The van der Waals surface area contributed by atoms with Gasteiger partial charge >= 0.3 is 0 Å². The molecule has 0 saturated carbocycles. The Bertz CT molecular complexity index is 376. The first-order valence-electron chi connectivity index (χ1n) is 4.89. The van der Waals surface area contributed by atoms with Crippen LogP contribution in [0, 0.1) is 25.7 Å². The number of ether oxygens (including phenoxy) is 1. The summed E-state index contributed by atoms with van der Waals surface area (Å²) in [6.45, 7) is 4.09. The molecule has 0 spiro atoms. The minimum absolute atomic E-state index is 0.879. The Morgan fingerprint density at radius 2 is 1.87 bits per heavy atom. The molecule has 15 heavy (non-hydrogen) atoms. The number of hydrogen-bond donors (Lipinski definition) is 0. The van der Waals surface area contributed by atoms with E-state index in [1.165, 1.54) is 0 Å². The molecule has 0 bridgehead atoms. The van der Waals surface area contributed by atoms with E-state index in [4.69, 9.17) is 4.74 Å². The quantitative estimate of drug-likeness (QED) is 0.589. The van der Waals surface area contributed by atoms with E-state index >= 15 is 0 Å². The molecule has 0 fully saturated rings. The van der Waals surface area contributed by atoms with Gasteiger partial charge in [-0.25, -0.2) is 0 Å². The number of methoxy groups -OCH3 is 1. The van der Waals surface area contributed by atoms with E-state index < -0.39 is 0 Å². The zero-order valence-electron chi connectivity index (χ0n) is 9.36. The van der Waals surface area contributed by atoms with Crippen molar-refractivity contribution in [3.8, 4) is 17.6 Å². The van der Waals surface area contributed by atoms with E-state index in [1.54, 1.807) is 7.11 Å². The maximum absolute atomic E-state index is 5.30. The van der Waals surface area contributed by atoms with Crippen LogP contribution in [0.25, 0.3) is 0 Å². The second kappa shape index (κ2) is 5.82. The predicted octanol–water partition coefficient (Wildman–Crippen LogP) is 3.45. The lowest BCUT2D eigenvalue weighted by Crippen LogP contribution is -1.92. The van der Waals surface area contributed by atoms with Gasteiger partial charge in [0.1, 0.15) is 5.75 Å². The predicted molar refractivity (Wildman–Crippen MR) is 67.8 cm³/mol. The second-order valence-corrected chi connectivity index (χ2v) is 4.18. The minimum atomic E-state index is 0.879. The molecule has 0 atom stereocenters. The lowest BCUT2D eigenvalue weighted by atomic mass is 10.1. The molecule has 0 unspecified atom stereocenters. The molecule has 0 saturated heterocycles. The van der Waals surface area contributed by atoms with E-state index in [9.17, 15) is 0 Å². The van der Waals surface area contributed by atoms with E-state index in [2.05, 4.69) is 39.9 Å². The third-order valence-corrected chi connectivity index (χ3v) is 2.51. The monoisotopic (exact) mass is 266 g/mol. The number of hydrogen-bond acceptors (Lipinski definition) is 1. The van der Waals surface area contributed by atoms with Gasteiger partial charge in [0.25, 0.3) is 0 Å². The number of aryl methyl sites for hydroxylation is 2. The summed E-state index contributed by atoms with van der Waals surface area (Å²) < 4.78 is 5.30. The van der Waals surface area contributed by atoms with Crippen LogP contribution in [0.1, 0.15) is 23.1 Å². The van der Waals surface area contributed by atoms with Crippen molar-refractivity contribution in [1.82, 2.24) is 0 Å². The highest BCUT2D eigenvalue weighted by Crippen LogP contribution is 2.23. The summed E-state index contributed by atoms with van der Waals surface area (Å²) in [4.78, 5) is 0. The summed E-state index contributed by atoms with van der Waals surface area (Å²) in [5.41, 5.74) is 3.34. The Morgan fingerprint density at radius 3 is 2.33 bits per heavy atom. The van der Waals surface area contributed by atoms with Crippen molar-refractivity contribution in [2.45, 2.75) is 20.3 Å². The minimum Gasteiger partial charge on any atom is -0.496 e. The molecule has 1 aromatic carbocycles. The van der Waals surface area contributed by atoms with Gasteiger partial charge in [-0.15, -0.1) is 0 Å². The molecule has 0 aliphatic heterocycles. The van der Waals surface area contributed by atoms with E-state index in [0.717, 1.165) is 34.2 Å². The maximum atomic E-state index is 5.30. The molecule has 80 valence electrons. The summed E-state index contributed by atoms with van der Waals surface area (Å²) >= 11 is 3.35. The second-order valence-electron chi connectivity index (χ2n) is 3.38. The Kier molecular flexibility index (Phi) is 4.71. The molecule has 0 aromatic heterocycles. The highest BCUT2D eigenvalue weighted by molar-refractivity contribution is 9.09. The smallest absolute Gasteiger partial charge is 0.124 e. The van der Waals surface area contributed by atoms with Crippen LogP contribution >= 0.6 is 15.9 Å². The summed E-state index contributed by atoms with van der Waals surface area (Å²) in [6.07, 6.45) is 0.879. The Hall–Kier alpha value is -0.940. The first-order valence-corrected chi connectivity index (χ1v) is 6.01. The van der Waals surface area contributed by atoms with Gasteiger partial charge in [0.15, 0.2) is 0 Å². The fraction of sp³-hybridized carbons (Fsp3) is 0.385. The van der Waals surface area contributed by atoms with Gasteiger partial charge in [-0.1, -0.05) is 27.8 Å². The summed E-state index contributed by atoms with van der Waals surface area (Å²) in [7, 11) is 1.70. The van der Waals surface area contributed by atoms with Crippen LogP contribution in [0.4, 0.5) is 0 Å². The van der Waals surface area contributed by atoms with Crippen molar-refractivity contribution in [3.63, 3.8) is 0 Å². The van der Waals surface area contributed by atoms with Crippen molar-refractivity contribution in [1.29, 1.82) is 0 Å². The first-order chi connectivity index (χ1) is 7.19. The zero-order valence-corrected chi connectivity index (χ0v) is 10.9. The average molecular weight is 267 g/mol. The number of rotatable bonds is 2. The van der Waals surface area contributed by atoms with Crippen molar-refractivity contribution in [2.75, 3.05) is 12.4 Å². The van der Waals surface area contributed by atoms with Gasteiger partial charge in [0.05, 0.1) is 7.11 Å². The van der Waals surface area contributed by atoms with Crippen LogP contribution < -0.4 is 4.74 Å². The van der Waals surface area contributed by atoms with Gasteiger partial charge < -0.3 is 4.74 Å². The molecule has 0 radical (unpaired) electrons. The van der Waals surface area contributed by atoms with Gasteiger partial charge in [0.2, 0.25) is 0 Å². The van der Waals surface area contributed by atoms with Crippen molar-refractivity contribution in [2.24, 2.45) is 0 Å². The van der Waals surface area contributed by atoms with Crippen LogP contribution in [0.5, 0.6) is 5.75 Å². The number of alkyl halides is 1. The molecule has 0 heterocycles. The Balaban J connectivity index is 3.00. The molecule has 0 amide bonds. The van der Waals surface area contributed by atoms with Crippen molar-refractivity contribution in [3.05, 3.63) is 28.8 Å². The van der Waals surface area contributed by atoms with E-state index in [-0.39, 0.29) is 0 Å². The molecule has 0 aliphatic carbocycles. The highest BCUT2D eigenvalue weighted by Gasteiger charge is 2.03. The van der Waals surface area contributed by atoms with Crippen molar-refractivity contribution >= 4 is 15.9 Å². The molecule has 1 aromatic rings. The zero-order chi connectivity index (χ0) is 11.3. The molecule has 0 aliphatic rings. The third kappa shape index (κ3) is 3.28. The first kappa shape index (κ1) is 12.1. The van der Waals surface area contributed by atoms with E-state index in [0.29, 0.717) is 0 Å². The Morgan fingerprint density at radius 1 is 1.27 bits per heavy atom. The number of benzene rings is 1. The molecular weight excluding hydrogens is 252 g/mol. The lowest BCUT2D eigenvalue weighted by molar-refractivity contribution is 0.408. The third-order valence-electron chi connectivity index (χ3n) is 2.12. The largest absolute Gasteiger partial charge is 0.496 e. The van der Waals surface area contributed by atoms with Gasteiger partial charge in [-0.05, 0) is 37.1 Å². The molecular formula is C13H15BrO. The topological polar surface area (TPSA) is 9.23 Å². The fourth-order valence-electron chi connectivity index (χ4n) is 1.56. The van der Waals surface area contributed by atoms with Crippen LogP contribution in [0.15, 0.2) is 12.1 Å². The van der Waals surface area contributed by atoms with E-state index in [1.807, 2.05) is 13.8 Å². The van der Waals surface area contributed by atoms with Crippen LogP contribution in [-0.4, -0.2) is 12.4 Å². The maximum Gasteiger partial charge on any atom is 0.124 e. The SMILES string of the molecule is COc1c(C)cc(C#CCCBr)cc1C. The van der Waals surface area contributed by atoms with Gasteiger partial charge in [-0.3, -0.25) is 0 Å². The van der Waals surface area contributed by atoms with Crippen LogP contribution in [0.3, 0.4) is 0 Å². The molecule has 0 N–H and O–H groups in total. The number of halogens is 1. The van der Waals surface area contributed by atoms with Crippen molar-refractivity contribution < 1.29 is 4.74 Å². The standard InChI is InChI=1S/C13H15BrO/c1-10-8-12(6-4-5-7-14)9-11(2)13(10)15-3/h8-9H,5,7H2,1-3H3. The lowest BCUT2D eigenvalue weighted by Gasteiger charge is -2.08. The summed E-state index contributed by atoms with van der Waals surface area (Å²) in [6, 6.07) is 4.13. The summed E-state index contributed by atoms with van der Waals surface area (Å²) in [5, 5.41) is 0.925.